The second-order valence-corrected chi connectivity index (χ2v) is 5.21. The molecule has 2 N–H and O–H groups in total. The standard InChI is InChI=1S/C6H11O6PS/c1-11-13(10,12-2)4(6(9)14)3-5(7)8/h4H,3H2,1-2H3,(H,7,8)(H,9,14). The molecular weight excluding hydrogens is 231 g/mol. The monoisotopic (exact) mass is 242 g/mol. The molecule has 0 radical (unpaired) electrons. The van der Waals surface area contributed by atoms with Crippen molar-refractivity contribution in [3.8, 4) is 0 Å². The lowest BCUT2D eigenvalue weighted by Gasteiger charge is -2.20. The van der Waals surface area contributed by atoms with Crippen LogP contribution in [0.3, 0.4) is 0 Å². The average Bonchev–Trinajstić information content (AvgIpc) is 2.12. The fourth-order valence-corrected chi connectivity index (χ4v) is 2.61. The van der Waals surface area contributed by atoms with E-state index in [1.165, 1.54) is 0 Å². The molecule has 0 aromatic carbocycles. The van der Waals surface area contributed by atoms with Gasteiger partial charge in [0.25, 0.3) is 0 Å². The predicted octanol–water partition coefficient (Wildman–Crippen LogP) is 1.20. The molecule has 0 aliphatic rings. The summed E-state index contributed by atoms with van der Waals surface area (Å²) in [5.41, 5.74) is -1.31. The highest BCUT2D eigenvalue weighted by molar-refractivity contribution is 7.81. The molecule has 1 atom stereocenters. The van der Waals surface area contributed by atoms with Gasteiger partial charge in [-0.15, -0.1) is 0 Å². The van der Waals surface area contributed by atoms with Crippen LogP contribution >= 0.6 is 19.8 Å². The molecular formula is C6H11O6PS. The topological polar surface area (TPSA) is 93.1 Å². The Balaban J connectivity index is 4.89. The number of rotatable bonds is 6. The van der Waals surface area contributed by atoms with Crippen LogP contribution in [-0.4, -0.2) is 41.1 Å². The third kappa shape index (κ3) is 3.34. The minimum Gasteiger partial charge on any atom is -0.501 e. The van der Waals surface area contributed by atoms with Crippen LogP contribution in [0.2, 0.25) is 0 Å². The number of aliphatic hydroxyl groups excluding tert-OH is 1. The zero-order valence-corrected chi connectivity index (χ0v) is 9.38. The van der Waals surface area contributed by atoms with E-state index in [1.54, 1.807) is 0 Å². The van der Waals surface area contributed by atoms with Crippen molar-refractivity contribution in [3.63, 3.8) is 0 Å². The van der Waals surface area contributed by atoms with E-state index in [4.69, 9.17) is 10.2 Å². The highest BCUT2D eigenvalue weighted by atomic mass is 32.1. The smallest absolute Gasteiger partial charge is 0.342 e. The van der Waals surface area contributed by atoms with Crippen molar-refractivity contribution in [1.29, 1.82) is 0 Å². The Morgan fingerprint density at radius 3 is 2.07 bits per heavy atom. The number of carboxylic acids is 1. The number of carboxylic acid groups (broad SMARTS) is 1. The molecule has 0 heterocycles. The van der Waals surface area contributed by atoms with Gasteiger partial charge in [-0.25, -0.2) is 0 Å². The number of carbonyl (C=O) groups is 1. The van der Waals surface area contributed by atoms with Crippen LogP contribution in [0.4, 0.5) is 0 Å². The molecule has 82 valence electrons. The molecule has 0 rings (SSSR count). The fourth-order valence-electron chi connectivity index (χ4n) is 0.829. The van der Waals surface area contributed by atoms with E-state index in [0.29, 0.717) is 0 Å². The molecule has 0 aromatic rings. The molecule has 6 nitrogen and oxygen atoms in total. The first kappa shape index (κ1) is 13.5. The Kier molecular flexibility index (Phi) is 5.22. The van der Waals surface area contributed by atoms with Gasteiger partial charge < -0.3 is 19.3 Å². The molecule has 8 heteroatoms. The summed E-state index contributed by atoms with van der Waals surface area (Å²) in [7, 11) is -1.48. The van der Waals surface area contributed by atoms with Crippen molar-refractivity contribution in [2.45, 2.75) is 12.1 Å². The SMILES string of the molecule is COP(=O)(OC)C(CC(=O)O)C(O)=S. The van der Waals surface area contributed by atoms with Gasteiger partial charge in [0.2, 0.25) is 0 Å². The summed E-state index contributed by atoms with van der Waals surface area (Å²) in [6, 6.07) is 0. The zero-order valence-electron chi connectivity index (χ0n) is 7.67. The normalized spacial score (nSPS) is 13.6. The maximum atomic E-state index is 11.7. The summed E-state index contributed by atoms with van der Waals surface area (Å²) in [5, 5.41) is 16.8. The van der Waals surface area contributed by atoms with Crippen molar-refractivity contribution in [1.82, 2.24) is 0 Å². The molecule has 0 spiro atoms. The van der Waals surface area contributed by atoms with Gasteiger partial charge in [-0.05, 0) is 12.2 Å². The number of aliphatic carboxylic acids is 1. The molecule has 0 amide bonds. The predicted molar refractivity (Wildman–Crippen MR) is 52.9 cm³/mol. The Bertz CT molecular complexity index is 269. The first-order valence-electron chi connectivity index (χ1n) is 3.53. The van der Waals surface area contributed by atoms with E-state index in [1.807, 2.05) is 0 Å². The van der Waals surface area contributed by atoms with Crippen LogP contribution in [0.5, 0.6) is 0 Å². The van der Waals surface area contributed by atoms with E-state index < -0.39 is 30.7 Å². The zero-order chi connectivity index (χ0) is 11.4. The van der Waals surface area contributed by atoms with Gasteiger partial charge in [-0.1, -0.05) is 0 Å². The molecule has 14 heavy (non-hydrogen) atoms. The van der Waals surface area contributed by atoms with Crippen LogP contribution in [-0.2, 0) is 18.4 Å². The third-order valence-corrected chi connectivity index (χ3v) is 4.21. The minimum atomic E-state index is -3.67. The lowest BCUT2D eigenvalue weighted by molar-refractivity contribution is -0.136. The Morgan fingerprint density at radius 2 is 1.86 bits per heavy atom. The highest BCUT2D eigenvalue weighted by Crippen LogP contribution is 2.53. The molecule has 0 bridgehead atoms. The third-order valence-electron chi connectivity index (χ3n) is 1.54. The van der Waals surface area contributed by atoms with Gasteiger partial charge in [-0.2, -0.15) is 0 Å². The van der Waals surface area contributed by atoms with Gasteiger partial charge in [0.1, 0.15) is 5.66 Å². The summed E-state index contributed by atoms with van der Waals surface area (Å²) >= 11 is 4.38. The number of hydrogen-bond donors (Lipinski definition) is 2. The van der Waals surface area contributed by atoms with Crippen molar-refractivity contribution < 1.29 is 28.6 Å². The summed E-state index contributed by atoms with van der Waals surface area (Å²) in [6.07, 6.45) is -0.603. The van der Waals surface area contributed by atoms with E-state index >= 15 is 0 Å². The van der Waals surface area contributed by atoms with Crippen molar-refractivity contribution in [2.75, 3.05) is 14.2 Å². The van der Waals surface area contributed by atoms with Gasteiger partial charge in [0, 0.05) is 14.2 Å². The quantitative estimate of drug-likeness (QED) is 0.534. The largest absolute Gasteiger partial charge is 0.501 e. The van der Waals surface area contributed by atoms with Crippen LogP contribution in [0.15, 0.2) is 0 Å². The van der Waals surface area contributed by atoms with E-state index in [9.17, 15) is 9.36 Å². The van der Waals surface area contributed by atoms with Crippen molar-refractivity contribution >= 4 is 30.8 Å². The van der Waals surface area contributed by atoms with Gasteiger partial charge in [-0.3, -0.25) is 9.36 Å². The number of thiocarbonyl (C=S) groups is 1. The molecule has 1 unspecified atom stereocenters. The lowest BCUT2D eigenvalue weighted by Crippen LogP contribution is -2.24. The van der Waals surface area contributed by atoms with Crippen LogP contribution in [0.25, 0.3) is 0 Å². The van der Waals surface area contributed by atoms with Crippen LogP contribution in [0, 0.1) is 0 Å². The summed E-state index contributed by atoms with van der Waals surface area (Å²) in [5.74, 6) is -1.25. The Hall–Kier alpha value is -0.490. The van der Waals surface area contributed by atoms with Crippen LogP contribution in [0.1, 0.15) is 6.42 Å². The van der Waals surface area contributed by atoms with E-state index in [0.717, 1.165) is 14.2 Å². The first-order chi connectivity index (χ1) is 6.37. The Morgan fingerprint density at radius 1 is 1.43 bits per heavy atom. The van der Waals surface area contributed by atoms with Gasteiger partial charge in [0.15, 0.2) is 5.05 Å². The lowest BCUT2D eigenvalue weighted by atomic mass is 10.3. The summed E-state index contributed by atoms with van der Waals surface area (Å²) in [6.45, 7) is 0. The fraction of sp³-hybridized carbons (Fsp3) is 0.667. The number of hydrogen-bond acceptors (Lipinski definition) is 5. The average molecular weight is 242 g/mol. The van der Waals surface area contributed by atoms with Crippen molar-refractivity contribution in [3.05, 3.63) is 0 Å². The molecule has 0 fully saturated rings. The minimum absolute atomic E-state index is 0.603. The summed E-state index contributed by atoms with van der Waals surface area (Å²) in [4.78, 5) is 10.4. The molecule has 0 aromatic heterocycles. The second kappa shape index (κ2) is 5.41. The maximum absolute atomic E-state index is 11.7. The second-order valence-electron chi connectivity index (χ2n) is 2.36. The molecule has 0 aliphatic carbocycles. The number of aliphatic hydroxyl groups is 1. The van der Waals surface area contributed by atoms with E-state index in [2.05, 4.69) is 21.3 Å². The molecule has 0 saturated heterocycles. The maximum Gasteiger partial charge on any atom is 0.342 e. The van der Waals surface area contributed by atoms with E-state index in [-0.39, 0.29) is 0 Å². The summed E-state index contributed by atoms with van der Waals surface area (Å²) < 4.78 is 20.7. The molecule has 0 aliphatic heterocycles. The van der Waals surface area contributed by atoms with Gasteiger partial charge >= 0.3 is 13.6 Å². The molecule has 0 saturated carbocycles. The van der Waals surface area contributed by atoms with Gasteiger partial charge in [0.05, 0.1) is 6.42 Å². The Labute approximate surface area is 86.4 Å². The van der Waals surface area contributed by atoms with Crippen molar-refractivity contribution in [2.24, 2.45) is 0 Å². The highest BCUT2D eigenvalue weighted by Gasteiger charge is 2.39. The first-order valence-corrected chi connectivity index (χ1v) is 5.55. The van der Waals surface area contributed by atoms with Crippen LogP contribution < -0.4 is 0 Å².